The summed E-state index contributed by atoms with van der Waals surface area (Å²) in [7, 11) is -2.16. The number of aromatic nitrogens is 1. The van der Waals surface area contributed by atoms with E-state index in [2.05, 4.69) is 4.72 Å². The van der Waals surface area contributed by atoms with Crippen molar-refractivity contribution in [3.63, 3.8) is 0 Å². The second-order valence-electron chi connectivity index (χ2n) is 5.13. The molecule has 3 rings (SSSR count). The van der Waals surface area contributed by atoms with Gasteiger partial charge in [0.15, 0.2) is 0 Å². The lowest BCUT2D eigenvalue weighted by Crippen LogP contribution is -2.13. The van der Waals surface area contributed by atoms with Gasteiger partial charge in [-0.05, 0) is 48.9 Å². The highest BCUT2D eigenvalue weighted by molar-refractivity contribution is 7.92. The van der Waals surface area contributed by atoms with E-state index in [1.807, 2.05) is 0 Å². The highest BCUT2D eigenvalue weighted by Gasteiger charge is 2.16. The minimum atomic E-state index is -3.82. The number of rotatable bonds is 3. The number of nitrogens with zero attached hydrogens (tertiary/aromatic N) is 1. The summed E-state index contributed by atoms with van der Waals surface area (Å²) in [5.41, 5.74) is 1.34. The highest BCUT2D eigenvalue weighted by atomic mass is 32.2. The zero-order valence-electron chi connectivity index (χ0n) is 12.3. The number of aryl methyl sites for hydroxylation is 2. The maximum absolute atomic E-state index is 13.3. The van der Waals surface area contributed by atoms with Crippen molar-refractivity contribution in [2.45, 2.75) is 11.8 Å². The molecule has 3 aromatic rings. The Hall–Kier alpha value is -2.19. The smallest absolute Gasteiger partial charge is 0.302 e. The van der Waals surface area contributed by atoms with Gasteiger partial charge in [-0.25, -0.2) is 12.8 Å². The van der Waals surface area contributed by atoms with Crippen molar-refractivity contribution >= 4 is 37.3 Å². The van der Waals surface area contributed by atoms with Gasteiger partial charge in [0.25, 0.3) is 10.0 Å². The van der Waals surface area contributed by atoms with Gasteiger partial charge in [-0.3, -0.25) is 9.52 Å². The molecule has 0 amide bonds. The molecule has 0 saturated carbocycles. The lowest BCUT2D eigenvalue weighted by atomic mass is 10.2. The molecule has 1 N–H and O–H groups in total. The van der Waals surface area contributed by atoms with Crippen molar-refractivity contribution in [3.05, 3.63) is 57.4 Å². The van der Waals surface area contributed by atoms with E-state index in [0.717, 1.165) is 22.9 Å². The summed E-state index contributed by atoms with van der Waals surface area (Å²) in [5, 5.41) is 0. The summed E-state index contributed by atoms with van der Waals surface area (Å²) >= 11 is 1.04. The molecule has 0 aliphatic rings. The number of hydrogen-bond donors (Lipinski definition) is 1. The maximum atomic E-state index is 13.3. The first kappa shape index (κ1) is 15.7. The number of fused-ring (bicyclic) bond motifs is 1. The number of thiazole rings is 1. The Kier molecular flexibility index (Phi) is 3.73. The first-order valence-corrected chi connectivity index (χ1v) is 8.96. The molecule has 0 spiro atoms. The van der Waals surface area contributed by atoms with Gasteiger partial charge in [-0.15, -0.1) is 0 Å². The van der Waals surface area contributed by atoms with Gasteiger partial charge in [0.1, 0.15) is 5.82 Å². The Labute approximate surface area is 136 Å². The summed E-state index contributed by atoms with van der Waals surface area (Å²) in [4.78, 5) is 11.5. The van der Waals surface area contributed by atoms with Crippen LogP contribution in [-0.4, -0.2) is 13.0 Å². The van der Waals surface area contributed by atoms with Crippen molar-refractivity contribution < 1.29 is 12.8 Å². The second kappa shape index (κ2) is 5.47. The van der Waals surface area contributed by atoms with Crippen molar-refractivity contribution in [1.82, 2.24) is 4.57 Å². The van der Waals surface area contributed by atoms with Gasteiger partial charge in [0.2, 0.25) is 0 Å². The third kappa shape index (κ3) is 2.87. The van der Waals surface area contributed by atoms with Crippen LogP contribution in [0, 0.1) is 12.7 Å². The fourth-order valence-corrected chi connectivity index (χ4v) is 4.25. The van der Waals surface area contributed by atoms with Crippen molar-refractivity contribution in [2.75, 3.05) is 4.72 Å². The van der Waals surface area contributed by atoms with E-state index < -0.39 is 15.8 Å². The lowest BCUT2D eigenvalue weighted by molar-refractivity contribution is 0.598. The van der Waals surface area contributed by atoms with Crippen LogP contribution in [0.1, 0.15) is 5.56 Å². The molecule has 120 valence electrons. The van der Waals surface area contributed by atoms with Crippen molar-refractivity contribution in [2.24, 2.45) is 7.05 Å². The highest BCUT2D eigenvalue weighted by Crippen LogP contribution is 2.24. The number of sulfonamides is 1. The molecular weight excluding hydrogens is 339 g/mol. The normalized spacial score (nSPS) is 11.8. The minimum absolute atomic E-state index is 0.0160. The molecule has 23 heavy (non-hydrogen) atoms. The summed E-state index contributed by atoms with van der Waals surface area (Å²) in [5.74, 6) is -0.459. The topological polar surface area (TPSA) is 68.2 Å². The number of anilines is 1. The number of hydrogen-bond acceptors (Lipinski definition) is 4. The fourth-order valence-electron chi connectivity index (χ4n) is 2.20. The predicted molar refractivity (Wildman–Crippen MR) is 89.0 cm³/mol. The van der Waals surface area contributed by atoms with Crippen molar-refractivity contribution in [3.8, 4) is 0 Å². The molecule has 5 nitrogen and oxygen atoms in total. The first-order chi connectivity index (χ1) is 10.8. The molecule has 0 fully saturated rings. The average molecular weight is 352 g/mol. The largest absolute Gasteiger partial charge is 0.307 e. The summed E-state index contributed by atoms with van der Waals surface area (Å²) < 4.78 is 42.7. The third-order valence-corrected chi connectivity index (χ3v) is 5.86. The Balaban J connectivity index is 1.99. The van der Waals surface area contributed by atoms with Crippen molar-refractivity contribution in [1.29, 1.82) is 0 Å². The van der Waals surface area contributed by atoms with Crippen LogP contribution in [0.25, 0.3) is 10.2 Å². The molecule has 0 radical (unpaired) electrons. The maximum Gasteiger partial charge on any atom is 0.307 e. The van der Waals surface area contributed by atoms with Crippen LogP contribution < -0.4 is 9.60 Å². The van der Waals surface area contributed by atoms with Crippen LogP contribution >= 0.6 is 11.3 Å². The monoisotopic (exact) mass is 352 g/mol. The number of halogens is 1. The van der Waals surface area contributed by atoms with Crippen LogP contribution in [0.5, 0.6) is 0 Å². The predicted octanol–water partition coefficient (Wildman–Crippen LogP) is 2.85. The van der Waals surface area contributed by atoms with Crippen LogP contribution in [0.3, 0.4) is 0 Å². The molecule has 8 heteroatoms. The Morgan fingerprint density at radius 3 is 2.61 bits per heavy atom. The first-order valence-electron chi connectivity index (χ1n) is 6.66. The van der Waals surface area contributed by atoms with Gasteiger partial charge in [-0.2, -0.15) is 0 Å². The standard InChI is InChI=1S/C15H13FN2O3S2/c1-9-7-11(4-5-12(9)16)23(20,21)17-10-3-6-13-14(8-10)22-15(19)18(13)2/h3-8,17H,1-2H3. The van der Waals surface area contributed by atoms with Gasteiger partial charge in [0, 0.05) is 7.05 Å². The molecule has 2 aromatic carbocycles. The SMILES string of the molecule is Cc1cc(S(=O)(=O)Nc2ccc3c(c2)sc(=O)n3C)ccc1F. The molecule has 0 aliphatic carbocycles. The quantitative estimate of drug-likeness (QED) is 0.788. The molecule has 0 atom stereocenters. The molecular formula is C15H13FN2O3S2. The fraction of sp³-hybridized carbons (Fsp3) is 0.133. The van der Waals surface area contributed by atoms with Crippen LogP contribution in [0.4, 0.5) is 10.1 Å². The zero-order valence-corrected chi connectivity index (χ0v) is 14.0. The van der Waals surface area contributed by atoms with E-state index in [-0.39, 0.29) is 15.3 Å². The number of benzene rings is 2. The van der Waals surface area contributed by atoms with E-state index in [0.29, 0.717) is 10.4 Å². The molecule has 1 heterocycles. The van der Waals surface area contributed by atoms with Crippen LogP contribution in [0.2, 0.25) is 0 Å². The Morgan fingerprint density at radius 1 is 1.17 bits per heavy atom. The third-order valence-electron chi connectivity index (χ3n) is 3.48. The average Bonchev–Trinajstić information content (AvgIpc) is 2.76. The Morgan fingerprint density at radius 2 is 1.91 bits per heavy atom. The molecule has 0 bridgehead atoms. The molecule has 1 aromatic heterocycles. The Bertz CT molecular complexity index is 1070. The summed E-state index contributed by atoms with van der Waals surface area (Å²) in [6.07, 6.45) is 0. The number of nitrogens with one attached hydrogen (secondary N) is 1. The lowest BCUT2D eigenvalue weighted by Gasteiger charge is -2.09. The van der Waals surface area contributed by atoms with E-state index in [1.54, 1.807) is 25.2 Å². The zero-order chi connectivity index (χ0) is 16.8. The molecule has 0 saturated heterocycles. The summed E-state index contributed by atoms with van der Waals surface area (Å²) in [6, 6.07) is 8.48. The van der Waals surface area contributed by atoms with Crippen LogP contribution in [0.15, 0.2) is 46.1 Å². The van der Waals surface area contributed by atoms with E-state index in [9.17, 15) is 17.6 Å². The van der Waals surface area contributed by atoms with Gasteiger partial charge in [0.05, 0.1) is 20.8 Å². The van der Waals surface area contributed by atoms with Crippen LogP contribution in [-0.2, 0) is 17.1 Å². The van der Waals surface area contributed by atoms with Gasteiger partial charge in [-0.1, -0.05) is 11.3 Å². The van der Waals surface area contributed by atoms with E-state index >= 15 is 0 Å². The molecule has 0 unspecified atom stereocenters. The van der Waals surface area contributed by atoms with E-state index in [1.165, 1.54) is 23.6 Å². The summed E-state index contributed by atoms with van der Waals surface area (Å²) in [6.45, 7) is 1.50. The minimum Gasteiger partial charge on any atom is -0.302 e. The van der Waals surface area contributed by atoms with E-state index in [4.69, 9.17) is 0 Å². The second-order valence-corrected chi connectivity index (χ2v) is 7.80. The van der Waals surface area contributed by atoms with Gasteiger partial charge < -0.3 is 4.57 Å². The molecule has 0 aliphatic heterocycles. The van der Waals surface area contributed by atoms with Gasteiger partial charge >= 0.3 is 4.87 Å².